The van der Waals surface area contributed by atoms with Gasteiger partial charge in [-0.05, 0) is 0 Å². The van der Waals surface area contributed by atoms with Crippen LogP contribution in [0.2, 0.25) is 0 Å². The van der Waals surface area contributed by atoms with Crippen molar-refractivity contribution in [2.75, 3.05) is 37.8 Å². The molecule has 0 bridgehead atoms. The van der Waals surface area contributed by atoms with Crippen LogP contribution in [0.15, 0.2) is 0 Å². The number of carbonyl (C=O) groups is 2. The van der Waals surface area contributed by atoms with Gasteiger partial charge in [0.05, 0.1) is 0 Å². The fourth-order valence-electron chi connectivity index (χ4n) is 2.24. The molecule has 8 heteroatoms. The van der Waals surface area contributed by atoms with Crippen molar-refractivity contribution in [1.82, 2.24) is 10.2 Å². The zero-order valence-electron chi connectivity index (χ0n) is 10.6. The Hall–Kier alpha value is -1.15. The standard InChI is InChI=1S/C11H18N2O5S/c14-9(15)11(1-5-18-6-2-11)12-10(16)13-3-7-19(17)8-4-13/h1-8H2,(H,12,16)(H,14,15). The van der Waals surface area contributed by atoms with E-state index in [0.29, 0.717) is 37.8 Å². The van der Waals surface area contributed by atoms with E-state index in [0.717, 1.165) is 0 Å². The van der Waals surface area contributed by atoms with Gasteiger partial charge >= 0.3 is 12.0 Å². The summed E-state index contributed by atoms with van der Waals surface area (Å²) in [6.07, 6.45) is 0.543. The molecule has 108 valence electrons. The van der Waals surface area contributed by atoms with Crippen molar-refractivity contribution in [3.63, 3.8) is 0 Å². The van der Waals surface area contributed by atoms with Crippen LogP contribution in [0.5, 0.6) is 0 Å². The molecule has 0 aromatic carbocycles. The minimum absolute atomic E-state index is 0.272. The largest absolute Gasteiger partial charge is 0.480 e. The van der Waals surface area contributed by atoms with E-state index < -0.39 is 22.3 Å². The molecular weight excluding hydrogens is 272 g/mol. The summed E-state index contributed by atoms with van der Waals surface area (Å²) in [6, 6.07) is -0.388. The van der Waals surface area contributed by atoms with E-state index in [1.807, 2.05) is 0 Å². The van der Waals surface area contributed by atoms with E-state index in [2.05, 4.69) is 5.32 Å². The van der Waals surface area contributed by atoms with Gasteiger partial charge in [-0.1, -0.05) is 0 Å². The first-order valence-corrected chi connectivity index (χ1v) is 7.75. The van der Waals surface area contributed by atoms with Gasteiger partial charge in [-0.3, -0.25) is 4.21 Å². The molecular formula is C11H18N2O5S. The Morgan fingerprint density at radius 3 is 2.32 bits per heavy atom. The van der Waals surface area contributed by atoms with Crippen molar-refractivity contribution in [1.29, 1.82) is 0 Å². The monoisotopic (exact) mass is 290 g/mol. The van der Waals surface area contributed by atoms with Gasteiger partial charge in [0.15, 0.2) is 0 Å². The highest BCUT2D eigenvalue weighted by Gasteiger charge is 2.42. The molecule has 0 atom stereocenters. The molecule has 0 unspecified atom stereocenters. The van der Waals surface area contributed by atoms with E-state index in [1.54, 1.807) is 0 Å². The van der Waals surface area contributed by atoms with Gasteiger partial charge < -0.3 is 20.1 Å². The third-order valence-corrected chi connectivity index (χ3v) is 4.84. The van der Waals surface area contributed by atoms with E-state index >= 15 is 0 Å². The van der Waals surface area contributed by atoms with Gasteiger partial charge in [0.2, 0.25) is 0 Å². The molecule has 0 aromatic heterocycles. The predicted molar refractivity (Wildman–Crippen MR) is 68.4 cm³/mol. The number of carboxylic acids is 1. The van der Waals surface area contributed by atoms with Crippen molar-refractivity contribution in [2.45, 2.75) is 18.4 Å². The van der Waals surface area contributed by atoms with Gasteiger partial charge in [-0.15, -0.1) is 0 Å². The first-order valence-electron chi connectivity index (χ1n) is 6.27. The number of carboxylic acid groups (broad SMARTS) is 1. The number of amides is 2. The Morgan fingerprint density at radius 2 is 1.79 bits per heavy atom. The zero-order valence-corrected chi connectivity index (χ0v) is 11.4. The molecule has 2 heterocycles. The molecule has 2 saturated heterocycles. The van der Waals surface area contributed by atoms with Gasteiger partial charge in [-0.2, -0.15) is 0 Å². The molecule has 0 radical (unpaired) electrons. The molecule has 19 heavy (non-hydrogen) atoms. The van der Waals surface area contributed by atoms with Gasteiger partial charge in [0.25, 0.3) is 0 Å². The van der Waals surface area contributed by atoms with Crippen LogP contribution >= 0.6 is 0 Å². The predicted octanol–water partition coefficient (Wildman–Crippen LogP) is -0.606. The second-order valence-electron chi connectivity index (χ2n) is 4.76. The molecule has 0 spiro atoms. The molecule has 2 aliphatic heterocycles. The summed E-state index contributed by atoms with van der Waals surface area (Å²) in [7, 11) is -0.861. The Labute approximate surface area is 113 Å². The Bertz CT molecular complexity index is 385. The first-order chi connectivity index (χ1) is 9.03. The third-order valence-electron chi connectivity index (χ3n) is 3.57. The number of hydrogen-bond acceptors (Lipinski definition) is 4. The van der Waals surface area contributed by atoms with Crippen molar-refractivity contribution in [3.8, 4) is 0 Å². The van der Waals surface area contributed by atoms with Gasteiger partial charge in [0.1, 0.15) is 5.54 Å². The van der Waals surface area contributed by atoms with Gasteiger partial charge in [-0.25, -0.2) is 9.59 Å². The minimum atomic E-state index is -1.23. The average Bonchev–Trinajstić information content (AvgIpc) is 2.40. The number of urea groups is 1. The minimum Gasteiger partial charge on any atom is -0.480 e. The molecule has 2 rings (SSSR count). The highest BCUT2D eigenvalue weighted by Crippen LogP contribution is 2.21. The summed E-state index contributed by atoms with van der Waals surface area (Å²) < 4.78 is 16.4. The Kier molecular flexibility index (Phi) is 4.41. The number of rotatable bonds is 2. The highest BCUT2D eigenvalue weighted by molar-refractivity contribution is 7.85. The lowest BCUT2D eigenvalue weighted by molar-refractivity contribution is -0.148. The quantitative estimate of drug-likeness (QED) is 0.707. The number of carbonyl (C=O) groups excluding carboxylic acids is 1. The van der Waals surface area contributed by atoms with Crippen molar-refractivity contribution in [3.05, 3.63) is 0 Å². The lowest BCUT2D eigenvalue weighted by Crippen LogP contribution is -2.61. The lowest BCUT2D eigenvalue weighted by Gasteiger charge is -2.36. The number of nitrogens with one attached hydrogen (secondary N) is 1. The summed E-state index contributed by atoms with van der Waals surface area (Å²) >= 11 is 0. The Morgan fingerprint density at radius 1 is 1.21 bits per heavy atom. The maximum atomic E-state index is 12.1. The van der Waals surface area contributed by atoms with E-state index in [1.165, 1.54) is 4.90 Å². The summed E-state index contributed by atoms with van der Waals surface area (Å²) in [6.45, 7) is 1.47. The van der Waals surface area contributed by atoms with Crippen LogP contribution in [-0.4, -0.2) is 69.6 Å². The second-order valence-corrected chi connectivity index (χ2v) is 6.46. The summed E-state index contributed by atoms with van der Waals surface area (Å²) in [4.78, 5) is 25.0. The maximum absolute atomic E-state index is 12.1. The average molecular weight is 290 g/mol. The van der Waals surface area contributed by atoms with Crippen LogP contribution < -0.4 is 5.32 Å². The number of hydrogen-bond donors (Lipinski definition) is 2. The smallest absolute Gasteiger partial charge is 0.329 e. The van der Waals surface area contributed by atoms with Crippen LogP contribution in [0.3, 0.4) is 0 Å². The molecule has 0 aromatic rings. The molecule has 2 fully saturated rings. The topological polar surface area (TPSA) is 95.9 Å². The first kappa shape index (κ1) is 14.3. The van der Waals surface area contributed by atoms with E-state index in [4.69, 9.17) is 4.74 Å². The maximum Gasteiger partial charge on any atom is 0.329 e. The van der Waals surface area contributed by atoms with Crippen LogP contribution in [0, 0.1) is 0 Å². The fourth-order valence-corrected chi connectivity index (χ4v) is 3.29. The SMILES string of the molecule is O=C(NC1(C(=O)O)CCOCC1)N1CCS(=O)CC1. The highest BCUT2D eigenvalue weighted by atomic mass is 32.2. The normalized spacial score (nSPS) is 23.9. The van der Waals surface area contributed by atoms with Gasteiger partial charge in [0, 0.05) is 61.5 Å². The molecule has 7 nitrogen and oxygen atoms in total. The van der Waals surface area contributed by atoms with E-state index in [9.17, 15) is 18.9 Å². The number of ether oxygens (including phenoxy) is 1. The Balaban J connectivity index is 1.99. The molecule has 0 aliphatic carbocycles. The van der Waals surface area contributed by atoms with Crippen molar-refractivity contribution >= 4 is 22.8 Å². The molecule has 2 aliphatic rings. The number of nitrogens with zero attached hydrogens (tertiary/aromatic N) is 1. The van der Waals surface area contributed by atoms with Crippen molar-refractivity contribution < 1.29 is 23.6 Å². The van der Waals surface area contributed by atoms with E-state index in [-0.39, 0.29) is 18.9 Å². The third kappa shape index (κ3) is 3.24. The molecule has 2 amide bonds. The summed E-state index contributed by atoms with van der Waals surface area (Å²) in [5.74, 6) is -0.113. The van der Waals surface area contributed by atoms with Crippen molar-refractivity contribution in [2.24, 2.45) is 0 Å². The second kappa shape index (κ2) is 5.87. The zero-order chi connectivity index (χ0) is 13.9. The lowest BCUT2D eigenvalue weighted by atomic mass is 9.90. The molecule has 2 N–H and O–H groups in total. The summed E-state index contributed by atoms with van der Waals surface area (Å²) in [5.41, 5.74) is -1.23. The fraction of sp³-hybridized carbons (Fsp3) is 0.818. The van der Waals surface area contributed by atoms with Crippen LogP contribution in [0.25, 0.3) is 0 Å². The summed E-state index contributed by atoms with van der Waals surface area (Å²) in [5, 5.41) is 12.0. The van der Waals surface area contributed by atoms with Crippen LogP contribution in [0.4, 0.5) is 4.79 Å². The van der Waals surface area contributed by atoms with Crippen LogP contribution in [-0.2, 0) is 20.3 Å². The van der Waals surface area contributed by atoms with Crippen LogP contribution in [0.1, 0.15) is 12.8 Å². The number of aliphatic carboxylic acids is 1. The molecule has 0 saturated carbocycles.